The number of H-pyrrole nitrogens is 1. The van der Waals surface area contributed by atoms with E-state index < -0.39 is 0 Å². The molecule has 116 valence electrons. The van der Waals surface area contributed by atoms with Crippen LogP contribution in [0.3, 0.4) is 0 Å². The van der Waals surface area contributed by atoms with Gasteiger partial charge in [0.2, 0.25) is 5.91 Å². The van der Waals surface area contributed by atoms with Crippen molar-refractivity contribution >= 4 is 16.8 Å². The molecule has 0 spiro atoms. The van der Waals surface area contributed by atoms with Gasteiger partial charge >= 0.3 is 0 Å². The zero-order valence-corrected chi connectivity index (χ0v) is 12.9. The van der Waals surface area contributed by atoms with Crippen LogP contribution in [0.25, 0.3) is 10.9 Å². The van der Waals surface area contributed by atoms with Crippen LogP contribution in [0.5, 0.6) is 0 Å². The summed E-state index contributed by atoms with van der Waals surface area (Å²) in [6, 6.07) is 17.6. The minimum atomic E-state index is -0.0593. The van der Waals surface area contributed by atoms with Gasteiger partial charge in [0, 0.05) is 31.0 Å². The summed E-state index contributed by atoms with van der Waals surface area (Å²) in [5, 5.41) is 3.81. The van der Waals surface area contributed by atoms with E-state index in [0.29, 0.717) is 13.0 Å². The highest BCUT2D eigenvalue weighted by molar-refractivity contribution is 5.78. The van der Waals surface area contributed by atoms with Crippen LogP contribution in [0, 0.1) is 0 Å². The van der Waals surface area contributed by atoms with Crippen LogP contribution in [0.15, 0.2) is 59.4 Å². The summed E-state index contributed by atoms with van der Waals surface area (Å²) in [7, 11) is 0. The number of para-hydroxylation sites is 1. The number of amides is 1. The monoisotopic (exact) mass is 306 g/mol. The van der Waals surface area contributed by atoms with Gasteiger partial charge < -0.3 is 10.3 Å². The molecule has 4 heteroatoms. The second-order valence-corrected chi connectivity index (χ2v) is 5.62. The summed E-state index contributed by atoms with van der Waals surface area (Å²) in [6.07, 6.45) is 0.564. The quantitative estimate of drug-likeness (QED) is 0.778. The molecule has 3 rings (SSSR count). The van der Waals surface area contributed by atoms with Crippen molar-refractivity contribution in [3.8, 4) is 0 Å². The molecule has 0 aliphatic heterocycles. The number of rotatable bonds is 4. The number of hydrogen-bond acceptors (Lipinski definition) is 2. The lowest BCUT2D eigenvalue weighted by molar-refractivity contribution is -0.119. The Labute approximate surface area is 134 Å². The van der Waals surface area contributed by atoms with Crippen molar-refractivity contribution < 1.29 is 4.79 Å². The van der Waals surface area contributed by atoms with E-state index in [1.807, 2.05) is 54.6 Å². The van der Waals surface area contributed by atoms with E-state index >= 15 is 0 Å². The van der Waals surface area contributed by atoms with E-state index in [9.17, 15) is 9.59 Å². The first-order valence-corrected chi connectivity index (χ1v) is 7.55. The Morgan fingerprint density at radius 2 is 1.83 bits per heavy atom. The van der Waals surface area contributed by atoms with E-state index in [1.54, 1.807) is 0 Å². The molecule has 23 heavy (non-hydrogen) atoms. The van der Waals surface area contributed by atoms with Crippen LogP contribution in [0.1, 0.15) is 23.6 Å². The molecule has 1 aromatic heterocycles. The molecule has 2 aromatic carbocycles. The smallest absolute Gasteiger partial charge is 0.251 e. The first-order valence-electron chi connectivity index (χ1n) is 7.55. The van der Waals surface area contributed by atoms with Gasteiger partial charge in [-0.3, -0.25) is 9.59 Å². The van der Waals surface area contributed by atoms with Gasteiger partial charge in [-0.25, -0.2) is 0 Å². The third kappa shape index (κ3) is 3.66. The van der Waals surface area contributed by atoms with Gasteiger partial charge in [-0.2, -0.15) is 0 Å². The number of aromatic nitrogens is 1. The molecule has 0 aliphatic carbocycles. The molecular weight excluding hydrogens is 288 g/mol. The van der Waals surface area contributed by atoms with Gasteiger partial charge in [0.1, 0.15) is 0 Å². The van der Waals surface area contributed by atoms with Gasteiger partial charge in [0.05, 0.1) is 0 Å². The summed E-state index contributed by atoms with van der Waals surface area (Å²) >= 11 is 0. The Balaban J connectivity index is 1.87. The molecule has 0 saturated carbocycles. The summed E-state index contributed by atoms with van der Waals surface area (Å²) in [5.74, 6) is -0.0543. The third-order valence-corrected chi connectivity index (χ3v) is 3.76. The molecule has 1 heterocycles. The molecule has 0 atom stereocenters. The van der Waals surface area contributed by atoms with Crippen LogP contribution >= 0.6 is 0 Å². The lowest BCUT2D eigenvalue weighted by Gasteiger charge is -2.07. The summed E-state index contributed by atoms with van der Waals surface area (Å²) in [6.45, 7) is 2.00. The fraction of sp³-hybridized carbons (Fsp3) is 0.158. The van der Waals surface area contributed by atoms with Crippen LogP contribution in [0.4, 0.5) is 0 Å². The molecule has 1 amide bonds. The number of pyridine rings is 1. The van der Waals surface area contributed by atoms with E-state index in [1.165, 1.54) is 6.92 Å². The lowest BCUT2D eigenvalue weighted by Crippen LogP contribution is -2.19. The van der Waals surface area contributed by atoms with Crippen molar-refractivity contribution in [1.82, 2.24) is 10.3 Å². The molecule has 0 fully saturated rings. The van der Waals surface area contributed by atoms with Gasteiger partial charge in [-0.15, -0.1) is 0 Å². The molecule has 0 aliphatic rings. The molecule has 0 bridgehead atoms. The second-order valence-electron chi connectivity index (χ2n) is 5.62. The average Bonchev–Trinajstić information content (AvgIpc) is 2.54. The normalized spacial score (nSPS) is 10.7. The predicted octanol–water partition coefficient (Wildman–Crippen LogP) is 2.76. The highest BCUT2D eigenvalue weighted by Crippen LogP contribution is 2.14. The van der Waals surface area contributed by atoms with E-state index in [4.69, 9.17) is 0 Å². The van der Waals surface area contributed by atoms with Crippen molar-refractivity contribution in [2.75, 3.05) is 0 Å². The highest BCUT2D eigenvalue weighted by atomic mass is 16.1. The fourth-order valence-electron chi connectivity index (χ4n) is 2.62. The summed E-state index contributed by atoms with van der Waals surface area (Å²) in [4.78, 5) is 26.2. The lowest BCUT2D eigenvalue weighted by atomic mass is 10.0. The molecule has 0 unspecified atom stereocenters. The van der Waals surface area contributed by atoms with Crippen LogP contribution < -0.4 is 10.9 Å². The first kappa shape index (κ1) is 15.0. The molecule has 0 saturated heterocycles. The number of hydrogen-bond donors (Lipinski definition) is 2. The number of aromatic amines is 1. The van der Waals surface area contributed by atoms with Gasteiger partial charge in [-0.1, -0.05) is 42.5 Å². The Bertz CT molecular complexity index is 912. The third-order valence-electron chi connectivity index (χ3n) is 3.76. The van der Waals surface area contributed by atoms with Gasteiger partial charge in [0.25, 0.3) is 5.56 Å². The first-order chi connectivity index (χ1) is 11.1. The number of carbonyl (C=O) groups excluding carboxylic acids is 1. The highest BCUT2D eigenvalue weighted by Gasteiger charge is 2.05. The molecule has 4 nitrogen and oxygen atoms in total. The Morgan fingerprint density at radius 1 is 1.04 bits per heavy atom. The topological polar surface area (TPSA) is 62.0 Å². The Hall–Kier alpha value is -2.88. The molecular formula is C19H18N2O2. The maximum Gasteiger partial charge on any atom is 0.251 e. The van der Waals surface area contributed by atoms with Crippen LogP contribution in [-0.2, 0) is 17.8 Å². The van der Waals surface area contributed by atoms with Crippen molar-refractivity contribution in [3.05, 3.63) is 81.6 Å². The maximum atomic E-state index is 12.2. The standard InChI is InChI=1S/C19H18N2O2/c1-13(22)20-12-15-6-4-5-14(9-15)10-17-11-16-7-2-3-8-18(16)21-19(17)23/h2-9,11H,10,12H2,1H3,(H,20,22)(H,21,23). The predicted molar refractivity (Wildman–Crippen MR) is 91.3 cm³/mol. The van der Waals surface area contributed by atoms with Crippen molar-refractivity contribution in [2.45, 2.75) is 19.9 Å². The molecule has 3 aromatic rings. The minimum absolute atomic E-state index is 0.0543. The van der Waals surface area contributed by atoms with Gasteiger partial charge in [-0.05, 0) is 28.6 Å². The van der Waals surface area contributed by atoms with Crippen LogP contribution in [-0.4, -0.2) is 10.9 Å². The minimum Gasteiger partial charge on any atom is -0.352 e. The van der Waals surface area contributed by atoms with Crippen molar-refractivity contribution in [3.63, 3.8) is 0 Å². The second kappa shape index (κ2) is 6.48. The fourth-order valence-corrected chi connectivity index (χ4v) is 2.62. The summed E-state index contributed by atoms with van der Waals surface area (Å²) < 4.78 is 0. The van der Waals surface area contributed by atoms with Crippen molar-refractivity contribution in [1.29, 1.82) is 0 Å². The number of carbonyl (C=O) groups is 1. The van der Waals surface area contributed by atoms with Gasteiger partial charge in [0.15, 0.2) is 0 Å². The molecule has 2 N–H and O–H groups in total. The Morgan fingerprint density at radius 3 is 2.65 bits per heavy atom. The zero-order chi connectivity index (χ0) is 16.2. The number of fused-ring (bicyclic) bond motifs is 1. The Kier molecular flexibility index (Phi) is 4.24. The zero-order valence-electron chi connectivity index (χ0n) is 12.9. The van der Waals surface area contributed by atoms with Crippen molar-refractivity contribution in [2.24, 2.45) is 0 Å². The van der Waals surface area contributed by atoms with E-state index in [-0.39, 0.29) is 11.5 Å². The SMILES string of the molecule is CC(=O)NCc1cccc(Cc2cc3ccccc3[nH]c2=O)c1. The summed E-state index contributed by atoms with van der Waals surface area (Å²) in [5.41, 5.74) is 3.60. The maximum absolute atomic E-state index is 12.2. The van der Waals surface area contributed by atoms with E-state index in [2.05, 4.69) is 10.3 Å². The number of benzene rings is 2. The van der Waals surface area contributed by atoms with Crippen LogP contribution in [0.2, 0.25) is 0 Å². The average molecular weight is 306 g/mol. The molecule has 0 radical (unpaired) electrons. The number of nitrogens with one attached hydrogen (secondary N) is 2. The van der Waals surface area contributed by atoms with E-state index in [0.717, 1.165) is 27.6 Å². The largest absolute Gasteiger partial charge is 0.352 e.